The lowest BCUT2D eigenvalue weighted by Crippen LogP contribution is -2.08. The number of benzene rings is 8. The van der Waals surface area contributed by atoms with Crippen LogP contribution in [0.3, 0.4) is 0 Å². The fourth-order valence-corrected chi connectivity index (χ4v) is 6.80. The van der Waals surface area contributed by atoms with Crippen molar-refractivity contribution in [3.8, 4) is 44.5 Å². The van der Waals surface area contributed by atoms with Crippen molar-refractivity contribution in [3.05, 3.63) is 200 Å². The fourth-order valence-electron chi connectivity index (χ4n) is 6.80. The highest BCUT2D eigenvalue weighted by Crippen LogP contribution is 2.40. The van der Waals surface area contributed by atoms with Gasteiger partial charge in [0.05, 0.1) is 0 Å². The number of furan rings is 1. The third-order valence-corrected chi connectivity index (χ3v) is 9.49. The van der Waals surface area contributed by atoms with E-state index in [1.165, 1.54) is 49.9 Å². The first kappa shape index (κ1) is 29.5. The van der Waals surface area contributed by atoms with Crippen LogP contribution in [0.2, 0.25) is 0 Å². The highest BCUT2D eigenvalue weighted by atomic mass is 16.4. The van der Waals surface area contributed by atoms with Crippen LogP contribution < -0.4 is 4.90 Å². The van der Waals surface area contributed by atoms with Crippen LogP contribution >= 0.6 is 0 Å². The van der Waals surface area contributed by atoms with Crippen molar-refractivity contribution in [1.29, 1.82) is 0 Å². The SMILES string of the molecule is c1ccc(-c2ccc(-c3ccc(N(c4ccc(-c5ccc(-c6ccccc6)cc5)cc4)c4cc5cc6ccccc6cc5o4)cc3)cc2)cc1. The lowest BCUT2D eigenvalue weighted by Gasteiger charge is -2.23. The summed E-state index contributed by atoms with van der Waals surface area (Å²) in [6.07, 6.45) is 0. The standard InChI is InChI=1S/C48H33NO/c1-3-9-34(10-4-1)36-15-19-38(20-16-36)40-23-27-45(28-24-40)49(48-33-44-31-42-13-7-8-14-43(42)32-47(44)50-48)46-29-25-41(26-30-46)39-21-17-37(18-22-39)35-11-5-2-6-12-35/h1-33H. The highest BCUT2D eigenvalue weighted by molar-refractivity contribution is 5.98. The molecule has 0 atom stereocenters. The molecule has 8 aromatic carbocycles. The predicted molar refractivity (Wildman–Crippen MR) is 210 cm³/mol. The van der Waals surface area contributed by atoms with Crippen LogP contribution in [-0.4, -0.2) is 0 Å². The van der Waals surface area contributed by atoms with E-state index in [4.69, 9.17) is 4.42 Å². The molecular formula is C48H33NO. The van der Waals surface area contributed by atoms with Gasteiger partial charge >= 0.3 is 0 Å². The van der Waals surface area contributed by atoms with Crippen LogP contribution in [0, 0.1) is 0 Å². The second kappa shape index (κ2) is 12.8. The van der Waals surface area contributed by atoms with Crippen molar-refractivity contribution >= 4 is 39.0 Å². The van der Waals surface area contributed by atoms with E-state index in [1.807, 2.05) is 0 Å². The van der Waals surface area contributed by atoms with E-state index in [2.05, 4.69) is 205 Å². The van der Waals surface area contributed by atoms with Crippen molar-refractivity contribution in [3.63, 3.8) is 0 Å². The van der Waals surface area contributed by atoms with E-state index in [1.54, 1.807) is 0 Å². The Hall–Kier alpha value is -6.64. The maximum Gasteiger partial charge on any atom is 0.205 e. The van der Waals surface area contributed by atoms with Gasteiger partial charge in [-0.1, -0.05) is 158 Å². The molecule has 0 unspecified atom stereocenters. The minimum Gasteiger partial charge on any atom is -0.440 e. The van der Waals surface area contributed by atoms with Crippen LogP contribution in [0.1, 0.15) is 0 Å². The summed E-state index contributed by atoms with van der Waals surface area (Å²) in [5.74, 6) is 0.773. The maximum absolute atomic E-state index is 6.61. The molecule has 0 spiro atoms. The van der Waals surface area contributed by atoms with E-state index in [0.717, 1.165) is 33.6 Å². The molecule has 2 nitrogen and oxygen atoms in total. The van der Waals surface area contributed by atoms with Crippen LogP contribution in [0.4, 0.5) is 17.3 Å². The molecular weight excluding hydrogens is 607 g/mol. The van der Waals surface area contributed by atoms with E-state index in [0.29, 0.717) is 0 Å². The van der Waals surface area contributed by atoms with Crippen LogP contribution in [-0.2, 0) is 0 Å². The summed E-state index contributed by atoms with van der Waals surface area (Å²) < 4.78 is 6.61. The molecule has 0 radical (unpaired) electrons. The minimum absolute atomic E-state index is 0.773. The van der Waals surface area contributed by atoms with Gasteiger partial charge in [-0.3, -0.25) is 4.90 Å². The molecule has 0 fully saturated rings. The van der Waals surface area contributed by atoms with Gasteiger partial charge in [0.15, 0.2) is 0 Å². The first-order chi connectivity index (χ1) is 24.7. The molecule has 0 N–H and O–H groups in total. The summed E-state index contributed by atoms with van der Waals surface area (Å²) in [7, 11) is 0. The normalized spacial score (nSPS) is 11.2. The quantitative estimate of drug-likeness (QED) is 0.173. The maximum atomic E-state index is 6.61. The Morgan fingerprint density at radius 3 is 1.04 bits per heavy atom. The van der Waals surface area contributed by atoms with Crippen LogP contribution in [0.25, 0.3) is 66.2 Å². The average molecular weight is 640 g/mol. The number of rotatable bonds is 7. The molecule has 1 heterocycles. The van der Waals surface area contributed by atoms with Crippen LogP contribution in [0.5, 0.6) is 0 Å². The average Bonchev–Trinajstić information content (AvgIpc) is 3.60. The molecule has 0 aliphatic carbocycles. The third-order valence-electron chi connectivity index (χ3n) is 9.49. The summed E-state index contributed by atoms with van der Waals surface area (Å²) in [4.78, 5) is 2.20. The zero-order chi connectivity index (χ0) is 33.3. The Balaban J connectivity index is 1.06. The van der Waals surface area contributed by atoms with E-state index in [9.17, 15) is 0 Å². The molecule has 2 heteroatoms. The summed E-state index contributed by atoms with van der Waals surface area (Å²) in [5, 5.41) is 3.44. The van der Waals surface area contributed by atoms with Gasteiger partial charge in [0, 0.05) is 22.8 Å². The van der Waals surface area contributed by atoms with Crippen molar-refractivity contribution in [2.75, 3.05) is 4.90 Å². The first-order valence-electron chi connectivity index (χ1n) is 17.0. The molecule has 1 aromatic heterocycles. The number of hydrogen-bond donors (Lipinski definition) is 0. The predicted octanol–water partition coefficient (Wildman–Crippen LogP) is 13.7. The zero-order valence-electron chi connectivity index (χ0n) is 27.4. The monoisotopic (exact) mass is 639 g/mol. The molecule has 236 valence electrons. The molecule has 0 amide bonds. The molecule has 9 rings (SSSR count). The molecule has 9 aromatic rings. The lowest BCUT2D eigenvalue weighted by atomic mass is 9.99. The van der Waals surface area contributed by atoms with Gasteiger partial charge in [0.2, 0.25) is 5.88 Å². The van der Waals surface area contributed by atoms with Crippen molar-refractivity contribution in [2.24, 2.45) is 0 Å². The molecule has 0 aliphatic rings. The Kier molecular flexibility index (Phi) is 7.53. The summed E-state index contributed by atoms with van der Waals surface area (Å²) in [6.45, 7) is 0. The molecule has 0 aliphatic heterocycles. The Morgan fingerprint density at radius 2 is 0.620 bits per heavy atom. The topological polar surface area (TPSA) is 16.4 Å². The summed E-state index contributed by atoms with van der Waals surface area (Å²) in [5.41, 5.74) is 12.5. The fraction of sp³-hybridized carbons (Fsp3) is 0. The van der Waals surface area contributed by atoms with E-state index >= 15 is 0 Å². The van der Waals surface area contributed by atoms with Gasteiger partial charge in [-0.15, -0.1) is 0 Å². The smallest absolute Gasteiger partial charge is 0.205 e. The van der Waals surface area contributed by atoms with Gasteiger partial charge in [-0.05, 0) is 91.7 Å². The number of fused-ring (bicyclic) bond motifs is 2. The molecule has 0 saturated carbocycles. The zero-order valence-corrected chi connectivity index (χ0v) is 27.4. The molecule has 0 bridgehead atoms. The second-order valence-electron chi connectivity index (χ2n) is 12.6. The number of hydrogen-bond acceptors (Lipinski definition) is 2. The second-order valence-corrected chi connectivity index (χ2v) is 12.6. The summed E-state index contributed by atoms with van der Waals surface area (Å²) in [6, 6.07) is 71.0. The Labute approximate surface area is 292 Å². The van der Waals surface area contributed by atoms with Crippen molar-refractivity contribution in [1.82, 2.24) is 0 Å². The largest absolute Gasteiger partial charge is 0.440 e. The number of anilines is 3. The van der Waals surface area contributed by atoms with Gasteiger partial charge in [0.25, 0.3) is 0 Å². The van der Waals surface area contributed by atoms with Gasteiger partial charge in [-0.2, -0.15) is 0 Å². The van der Waals surface area contributed by atoms with E-state index < -0.39 is 0 Å². The molecule has 50 heavy (non-hydrogen) atoms. The number of nitrogens with zero attached hydrogens (tertiary/aromatic N) is 1. The van der Waals surface area contributed by atoms with Gasteiger partial charge in [0.1, 0.15) is 5.58 Å². The van der Waals surface area contributed by atoms with Gasteiger partial charge < -0.3 is 4.42 Å². The Bertz CT molecular complexity index is 2350. The summed E-state index contributed by atoms with van der Waals surface area (Å²) >= 11 is 0. The van der Waals surface area contributed by atoms with Crippen LogP contribution in [0.15, 0.2) is 205 Å². The van der Waals surface area contributed by atoms with E-state index in [-0.39, 0.29) is 0 Å². The van der Waals surface area contributed by atoms with Crippen molar-refractivity contribution in [2.45, 2.75) is 0 Å². The first-order valence-corrected chi connectivity index (χ1v) is 17.0. The minimum atomic E-state index is 0.773. The lowest BCUT2D eigenvalue weighted by molar-refractivity contribution is 0.621. The Morgan fingerprint density at radius 1 is 0.280 bits per heavy atom. The molecule has 0 saturated heterocycles. The van der Waals surface area contributed by atoms with Crippen molar-refractivity contribution < 1.29 is 4.42 Å². The highest BCUT2D eigenvalue weighted by Gasteiger charge is 2.18. The van der Waals surface area contributed by atoms with Gasteiger partial charge in [-0.25, -0.2) is 0 Å². The third kappa shape index (κ3) is 5.74.